The number of aromatic hydroxyl groups is 2. The van der Waals surface area contributed by atoms with E-state index < -0.39 is 0 Å². The van der Waals surface area contributed by atoms with Crippen LogP contribution in [0.5, 0.6) is 17.2 Å². The molecule has 0 fully saturated rings. The monoisotopic (exact) mass is 270 g/mol. The van der Waals surface area contributed by atoms with Gasteiger partial charge in [-0.1, -0.05) is 18.2 Å². The molecule has 4 nitrogen and oxygen atoms in total. The number of carbonyl (C=O) groups is 1. The van der Waals surface area contributed by atoms with Gasteiger partial charge in [-0.05, 0) is 35.9 Å². The molecule has 0 heterocycles. The van der Waals surface area contributed by atoms with Crippen LogP contribution in [0.1, 0.15) is 15.9 Å². The summed E-state index contributed by atoms with van der Waals surface area (Å²) in [7, 11) is 1.44. The van der Waals surface area contributed by atoms with Crippen LogP contribution in [0.15, 0.2) is 48.5 Å². The number of hydrogen-bond donors (Lipinski definition) is 2. The van der Waals surface area contributed by atoms with Crippen molar-refractivity contribution in [3.63, 3.8) is 0 Å². The fourth-order valence-electron chi connectivity index (χ4n) is 1.73. The van der Waals surface area contributed by atoms with E-state index in [1.807, 2.05) is 0 Å². The van der Waals surface area contributed by atoms with Gasteiger partial charge in [0.15, 0.2) is 5.78 Å². The van der Waals surface area contributed by atoms with Gasteiger partial charge in [0.1, 0.15) is 17.2 Å². The lowest BCUT2D eigenvalue weighted by molar-refractivity contribution is 0.104. The summed E-state index contributed by atoms with van der Waals surface area (Å²) in [4.78, 5) is 12.1. The molecule has 0 amide bonds. The number of carbonyl (C=O) groups excluding carboxylic acids is 1. The zero-order valence-corrected chi connectivity index (χ0v) is 10.9. The van der Waals surface area contributed by atoms with Crippen molar-refractivity contribution < 1.29 is 19.7 Å². The van der Waals surface area contributed by atoms with E-state index in [9.17, 15) is 15.0 Å². The maximum atomic E-state index is 12.1. The summed E-state index contributed by atoms with van der Waals surface area (Å²) in [5.74, 6) is 0.315. The fourth-order valence-corrected chi connectivity index (χ4v) is 1.73. The third kappa shape index (κ3) is 3.17. The number of rotatable bonds is 4. The number of phenols is 2. The first kappa shape index (κ1) is 13.7. The van der Waals surface area contributed by atoms with Crippen molar-refractivity contribution in [3.05, 3.63) is 59.7 Å². The standard InChI is InChI=1S/C16H14O4/c1-20-16-10-13(18)7-8-14(16)15(19)9-4-11-2-5-12(17)6-3-11/h2-10,17-18H,1H3/b9-4+. The van der Waals surface area contributed by atoms with Crippen molar-refractivity contribution >= 4 is 11.9 Å². The SMILES string of the molecule is COc1cc(O)ccc1C(=O)/C=C/c1ccc(O)cc1. The molecule has 0 bridgehead atoms. The molecular formula is C16H14O4. The third-order valence-corrected chi connectivity index (χ3v) is 2.77. The highest BCUT2D eigenvalue weighted by atomic mass is 16.5. The number of allylic oxidation sites excluding steroid dienone is 1. The first-order valence-corrected chi connectivity index (χ1v) is 5.98. The number of hydrogen-bond acceptors (Lipinski definition) is 4. The highest BCUT2D eigenvalue weighted by Crippen LogP contribution is 2.24. The Hall–Kier alpha value is -2.75. The minimum atomic E-state index is -0.227. The summed E-state index contributed by atoms with van der Waals surface area (Å²) in [6.45, 7) is 0. The first-order valence-electron chi connectivity index (χ1n) is 5.98. The molecule has 4 heteroatoms. The van der Waals surface area contributed by atoms with Crippen LogP contribution < -0.4 is 4.74 Å². The summed E-state index contributed by atoms with van der Waals surface area (Å²) < 4.78 is 5.07. The van der Waals surface area contributed by atoms with Crippen LogP contribution in [0.3, 0.4) is 0 Å². The molecule has 0 radical (unpaired) electrons. The summed E-state index contributed by atoms with van der Waals surface area (Å²) >= 11 is 0. The highest BCUT2D eigenvalue weighted by molar-refractivity contribution is 6.08. The van der Waals surface area contributed by atoms with E-state index in [4.69, 9.17) is 4.74 Å². The molecule has 0 atom stereocenters. The summed E-state index contributed by atoms with van der Waals surface area (Å²) in [5.41, 5.74) is 1.18. The summed E-state index contributed by atoms with van der Waals surface area (Å²) in [5, 5.41) is 18.5. The minimum absolute atomic E-state index is 0.0425. The summed E-state index contributed by atoms with van der Waals surface area (Å²) in [6, 6.07) is 10.8. The molecule has 102 valence electrons. The van der Waals surface area contributed by atoms with Gasteiger partial charge in [-0.3, -0.25) is 4.79 Å². The Labute approximate surface area is 116 Å². The van der Waals surface area contributed by atoms with Crippen molar-refractivity contribution in [3.8, 4) is 17.2 Å². The minimum Gasteiger partial charge on any atom is -0.508 e. The van der Waals surface area contributed by atoms with Crippen molar-refractivity contribution in [1.29, 1.82) is 0 Å². The Kier molecular flexibility index (Phi) is 4.05. The van der Waals surface area contributed by atoms with Crippen LogP contribution in [0.2, 0.25) is 0 Å². The van der Waals surface area contributed by atoms with Gasteiger partial charge >= 0.3 is 0 Å². The average Bonchev–Trinajstić information content (AvgIpc) is 2.46. The Balaban J connectivity index is 2.22. The third-order valence-electron chi connectivity index (χ3n) is 2.77. The quantitative estimate of drug-likeness (QED) is 0.662. The van der Waals surface area contributed by atoms with E-state index in [0.29, 0.717) is 11.3 Å². The predicted octanol–water partition coefficient (Wildman–Crippen LogP) is 3.00. The molecule has 20 heavy (non-hydrogen) atoms. The topological polar surface area (TPSA) is 66.8 Å². The summed E-state index contributed by atoms with van der Waals surface area (Å²) in [6.07, 6.45) is 3.06. The number of ketones is 1. The molecule has 2 aromatic rings. The smallest absolute Gasteiger partial charge is 0.189 e. The highest BCUT2D eigenvalue weighted by Gasteiger charge is 2.10. The van der Waals surface area contributed by atoms with Crippen molar-refractivity contribution in [2.24, 2.45) is 0 Å². The van der Waals surface area contributed by atoms with Gasteiger partial charge < -0.3 is 14.9 Å². The van der Waals surface area contributed by atoms with Gasteiger partial charge in [-0.2, -0.15) is 0 Å². The second kappa shape index (κ2) is 5.93. The molecule has 0 saturated carbocycles. The Morgan fingerprint density at radius 2 is 1.70 bits per heavy atom. The van der Waals surface area contributed by atoms with Gasteiger partial charge in [0, 0.05) is 6.07 Å². The maximum absolute atomic E-state index is 12.1. The number of benzene rings is 2. The zero-order valence-electron chi connectivity index (χ0n) is 10.9. The van der Waals surface area contributed by atoms with E-state index in [1.165, 1.54) is 31.4 Å². The number of ether oxygens (including phenoxy) is 1. The molecule has 2 N–H and O–H groups in total. The van der Waals surface area contributed by atoms with E-state index in [-0.39, 0.29) is 17.3 Å². The molecule has 0 aliphatic rings. The zero-order chi connectivity index (χ0) is 14.5. The van der Waals surface area contributed by atoms with Gasteiger partial charge in [-0.15, -0.1) is 0 Å². The molecular weight excluding hydrogens is 256 g/mol. The van der Waals surface area contributed by atoms with E-state index in [1.54, 1.807) is 30.3 Å². The van der Waals surface area contributed by atoms with Crippen molar-refractivity contribution in [2.75, 3.05) is 7.11 Å². The lowest BCUT2D eigenvalue weighted by Crippen LogP contribution is -1.98. The van der Waals surface area contributed by atoms with Crippen LogP contribution in [0, 0.1) is 0 Å². The first-order chi connectivity index (χ1) is 9.60. The molecule has 0 spiro atoms. The maximum Gasteiger partial charge on any atom is 0.189 e. The Bertz CT molecular complexity index is 642. The van der Waals surface area contributed by atoms with Crippen LogP contribution in [0.4, 0.5) is 0 Å². The molecule has 0 aliphatic carbocycles. The number of methoxy groups -OCH3 is 1. The second-order valence-corrected chi connectivity index (χ2v) is 4.17. The molecule has 0 aliphatic heterocycles. The lowest BCUT2D eigenvalue weighted by Gasteiger charge is -2.05. The van der Waals surface area contributed by atoms with E-state index >= 15 is 0 Å². The van der Waals surface area contributed by atoms with Gasteiger partial charge in [0.05, 0.1) is 12.7 Å². The largest absolute Gasteiger partial charge is 0.508 e. The van der Waals surface area contributed by atoms with E-state index in [2.05, 4.69) is 0 Å². The molecule has 2 rings (SSSR count). The van der Waals surface area contributed by atoms with Crippen molar-refractivity contribution in [1.82, 2.24) is 0 Å². The average molecular weight is 270 g/mol. The van der Waals surface area contributed by atoms with Crippen LogP contribution in [-0.4, -0.2) is 23.1 Å². The molecule has 2 aromatic carbocycles. The van der Waals surface area contributed by atoms with Crippen molar-refractivity contribution in [2.45, 2.75) is 0 Å². The van der Waals surface area contributed by atoms with Crippen LogP contribution in [0.25, 0.3) is 6.08 Å². The predicted molar refractivity (Wildman–Crippen MR) is 76.1 cm³/mol. The van der Waals surface area contributed by atoms with Gasteiger partial charge in [-0.25, -0.2) is 0 Å². The van der Waals surface area contributed by atoms with Crippen LogP contribution >= 0.6 is 0 Å². The normalized spacial score (nSPS) is 10.7. The molecule has 0 aromatic heterocycles. The second-order valence-electron chi connectivity index (χ2n) is 4.17. The molecule has 0 unspecified atom stereocenters. The lowest BCUT2D eigenvalue weighted by atomic mass is 10.1. The molecule has 0 saturated heterocycles. The van der Waals surface area contributed by atoms with E-state index in [0.717, 1.165) is 5.56 Å². The van der Waals surface area contributed by atoms with Gasteiger partial charge in [0.25, 0.3) is 0 Å². The Morgan fingerprint density at radius 3 is 2.35 bits per heavy atom. The Morgan fingerprint density at radius 1 is 1.05 bits per heavy atom. The van der Waals surface area contributed by atoms with Crippen LogP contribution in [-0.2, 0) is 0 Å². The fraction of sp³-hybridized carbons (Fsp3) is 0.0625. The number of phenolic OH excluding ortho intramolecular Hbond substituents is 2. The van der Waals surface area contributed by atoms with Gasteiger partial charge in [0.2, 0.25) is 0 Å².